The Morgan fingerprint density at radius 1 is 1.26 bits per heavy atom. The highest BCUT2D eigenvalue weighted by Crippen LogP contribution is 2.15. The van der Waals surface area contributed by atoms with Crippen LogP contribution in [0.25, 0.3) is 0 Å². The maximum absolute atomic E-state index is 6.11. The van der Waals surface area contributed by atoms with Gasteiger partial charge in [-0.2, -0.15) is 5.10 Å². The summed E-state index contributed by atoms with van der Waals surface area (Å²) < 4.78 is 7.54. The molecule has 110 valence electrons. The van der Waals surface area contributed by atoms with Crippen molar-refractivity contribution in [3.63, 3.8) is 0 Å². The van der Waals surface area contributed by atoms with Crippen LogP contribution in [0.5, 0.6) is 0 Å². The van der Waals surface area contributed by atoms with E-state index in [1.807, 2.05) is 0 Å². The van der Waals surface area contributed by atoms with Gasteiger partial charge in [-0.1, -0.05) is 20.8 Å². The van der Waals surface area contributed by atoms with Gasteiger partial charge in [-0.15, -0.1) is 0 Å². The van der Waals surface area contributed by atoms with Gasteiger partial charge in [0.2, 0.25) is 0 Å². The van der Waals surface area contributed by atoms with Crippen LogP contribution in [-0.4, -0.2) is 29.0 Å². The number of nitrogens with two attached hydrogens (primary N) is 1. The summed E-state index contributed by atoms with van der Waals surface area (Å²) >= 11 is 0. The Morgan fingerprint density at radius 3 is 2.63 bits per heavy atom. The predicted octanol–water partition coefficient (Wildman–Crippen LogP) is 2.93. The van der Waals surface area contributed by atoms with Gasteiger partial charge in [0.1, 0.15) is 0 Å². The van der Waals surface area contributed by atoms with Crippen LogP contribution < -0.4 is 5.73 Å². The van der Waals surface area contributed by atoms with E-state index in [0.29, 0.717) is 6.04 Å². The molecule has 2 N–H and O–H groups in total. The van der Waals surface area contributed by atoms with Crippen molar-refractivity contribution in [1.29, 1.82) is 0 Å². The Kier molecular flexibility index (Phi) is 7.75. The van der Waals surface area contributed by atoms with Crippen molar-refractivity contribution in [3.8, 4) is 0 Å². The topological polar surface area (TPSA) is 53.1 Å². The highest BCUT2D eigenvalue weighted by atomic mass is 16.5. The van der Waals surface area contributed by atoms with E-state index in [1.165, 1.54) is 0 Å². The third kappa shape index (κ3) is 5.74. The highest BCUT2D eigenvalue weighted by Gasteiger charge is 2.10. The molecule has 0 aliphatic carbocycles. The lowest BCUT2D eigenvalue weighted by Gasteiger charge is -2.13. The van der Waals surface area contributed by atoms with Crippen LogP contribution >= 0.6 is 0 Å². The monoisotopic (exact) mass is 267 g/mol. The average Bonchev–Trinajstić information content (AvgIpc) is 2.84. The first-order valence-electron chi connectivity index (χ1n) is 7.58. The Balaban J connectivity index is 2.36. The average molecular weight is 267 g/mol. The molecule has 0 saturated carbocycles. The molecule has 0 bridgehead atoms. The van der Waals surface area contributed by atoms with E-state index in [9.17, 15) is 0 Å². The molecule has 1 atom stereocenters. The smallest absolute Gasteiger partial charge is 0.0640 e. The van der Waals surface area contributed by atoms with Crippen LogP contribution in [0.2, 0.25) is 0 Å². The van der Waals surface area contributed by atoms with Crippen LogP contribution in [-0.2, 0) is 11.2 Å². The summed E-state index contributed by atoms with van der Waals surface area (Å²) in [5.41, 5.74) is 7.20. The molecular formula is C15H29N3O. The zero-order chi connectivity index (χ0) is 14.1. The molecule has 1 heterocycles. The maximum Gasteiger partial charge on any atom is 0.0640 e. The van der Waals surface area contributed by atoms with Gasteiger partial charge in [0, 0.05) is 31.9 Å². The SMILES string of the molecule is CCCOCCC(N)Cc1ccn(C(CC)CC)n1. The first-order chi connectivity index (χ1) is 9.21. The molecular weight excluding hydrogens is 238 g/mol. The molecule has 4 heteroatoms. The third-order valence-electron chi connectivity index (χ3n) is 3.43. The second-order valence-electron chi connectivity index (χ2n) is 5.12. The van der Waals surface area contributed by atoms with Crippen molar-refractivity contribution >= 4 is 0 Å². The summed E-state index contributed by atoms with van der Waals surface area (Å²) in [6.45, 7) is 8.10. The van der Waals surface area contributed by atoms with Crippen LogP contribution in [0.15, 0.2) is 12.3 Å². The van der Waals surface area contributed by atoms with Gasteiger partial charge in [-0.3, -0.25) is 4.68 Å². The van der Waals surface area contributed by atoms with Gasteiger partial charge in [0.15, 0.2) is 0 Å². The molecule has 1 rings (SSSR count). The summed E-state index contributed by atoms with van der Waals surface area (Å²) in [6, 6.07) is 2.74. The highest BCUT2D eigenvalue weighted by molar-refractivity contribution is 5.02. The van der Waals surface area contributed by atoms with Gasteiger partial charge in [0.25, 0.3) is 0 Å². The molecule has 1 unspecified atom stereocenters. The molecule has 0 aliphatic rings. The van der Waals surface area contributed by atoms with Gasteiger partial charge in [0.05, 0.1) is 11.7 Å². The largest absolute Gasteiger partial charge is 0.381 e. The van der Waals surface area contributed by atoms with E-state index in [-0.39, 0.29) is 6.04 Å². The van der Waals surface area contributed by atoms with Crippen molar-refractivity contribution in [3.05, 3.63) is 18.0 Å². The maximum atomic E-state index is 6.11. The number of nitrogens with zero attached hydrogens (tertiary/aromatic N) is 2. The zero-order valence-electron chi connectivity index (χ0n) is 12.6. The second kappa shape index (κ2) is 9.10. The molecule has 0 fully saturated rings. The van der Waals surface area contributed by atoms with Crippen molar-refractivity contribution in [2.45, 2.75) is 65.0 Å². The fourth-order valence-electron chi connectivity index (χ4n) is 2.20. The van der Waals surface area contributed by atoms with Gasteiger partial charge >= 0.3 is 0 Å². The van der Waals surface area contributed by atoms with Crippen LogP contribution in [0.1, 0.15) is 58.2 Å². The van der Waals surface area contributed by atoms with E-state index < -0.39 is 0 Å². The van der Waals surface area contributed by atoms with Crippen molar-refractivity contribution < 1.29 is 4.74 Å². The van der Waals surface area contributed by atoms with E-state index >= 15 is 0 Å². The summed E-state index contributed by atoms with van der Waals surface area (Å²) in [4.78, 5) is 0. The number of rotatable bonds is 10. The molecule has 4 nitrogen and oxygen atoms in total. The zero-order valence-corrected chi connectivity index (χ0v) is 12.6. The first kappa shape index (κ1) is 16.2. The molecule has 1 aromatic heterocycles. The minimum absolute atomic E-state index is 0.141. The minimum atomic E-state index is 0.141. The number of hydrogen-bond acceptors (Lipinski definition) is 3. The summed E-state index contributed by atoms with van der Waals surface area (Å²) in [5.74, 6) is 0. The Bertz CT molecular complexity index is 334. The fraction of sp³-hybridized carbons (Fsp3) is 0.800. The molecule has 19 heavy (non-hydrogen) atoms. The van der Waals surface area contributed by atoms with Crippen LogP contribution in [0.3, 0.4) is 0 Å². The van der Waals surface area contributed by atoms with Gasteiger partial charge < -0.3 is 10.5 Å². The molecule has 0 saturated heterocycles. The van der Waals surface area contributed by atoms with Crippen LogP contribution in [0, 0.1) is 0 Å². The molecule has 0 radical (unpaired) electrons. The normalized spacial score (nSPS) is 13.1. The Morgan fingerprint density at radius 2 is 2.00 bits per heavy atom. The minimum Gasteiger partial charge on any atom is -0.381 e. The Labute approximate surface area is 117 Å². The van der Waals surface area contributed by atoms with E-state index in [4.69, 9.17) is 10.5 Å². The number of hydrogen-bond donors (Lipinski definition) is 1. The summed E-state index contributed by atoms with van der Waals surface area (Å²) in [6.07, 6.45) is 7.12. The van der Waals surface area contributed by atoms with Gasteiger partial charge in [-0.05, 0) is 31.7 Å². The quantitative estimate of drug-likeness (QED) is 0.663. The van der Waals surface area contributed by atoms with Gasteiger partial charge in [-0.25, -0.2) is 0 Å². The molecule has 0 spiro atoms. The first-order valence-corrected chi connectivity index (χ1v) is 7.58. The number of aromatic nitrogens is 2. The number of ether oxygens (including phenoxy) is 1. The standard InChI is InChI=1S/C15H29N3O/c1-4-10-19-11-8-13(16)12-14-7-9-18(17-14)15(5-2)6-3/h7,9,13,15H,4-6,8,10-12,16H2,1-3H3. The van der Waals surface area contributed by atoms with Crippen molar-refractivity contribution in [1.82, 2.24) is 9.78 Å². The molecule has 0 amide bonds. The van der Waals surface area contributed by atoms with Crippen LogP contribution in [0.4, 0.5) is 0 Å². The summed E-state index contributed by atoms with van der Waals surface area (Å²) in [5, 5.41) is 4.63. The molecule has 0 aliphatic heterocycles. The third-order valence-corrected chi connectivity index (χ3v) is 3.43. The van der Waals surface area contributed by atoms with E-state index in [2.05, 4.69) is 42.8 Å². The fourth-order valence-corrected chi connectivity index (χ4v) is 2.20. The predicted molar refractivity (Wildman–Crippen MR) is 79.3 cm³/mol. The summed E-state index contributed by atoms with van der Waals surface area (Å²) in [7, 11) is 0. The van der Waals surface area contributed by atoms with Crippen molar-refractivity contribution in [2.75, 3.05) is 13.2 Å². The molecule has 0 aromatic carbocycles. The lowest BCUT2D eigenvalue weighted by atomic mass is 10.1. The lowest BCUT2D eigenvalue weighted by molar-refractivity contribution is 0.127. The second-order valence-corrected chi connectivity index (χ2v) is 5.12. The Hall–Kier alpha value is -0.870. The van der Waals surface area contributed by atoms with Crippen molar-refractivity contribution in [2.24, 2.45) is 5.73 Å². The molecule has 1 aromatic rings. The van der Waals surface area contributed by atoms with E-state index in [0.717, 1.165) is 51.0 Å². The van der Waals surface area contributed by atoms with E-state index in [1.54, 1.807) is 0 Å². The lowest BCUT2D eigenvalue weighted by Crippen LogP contribution is -2.25.